The zero-order chi connectivity index (χ0) is 18.7. The maximum absolute atomic E-state index is 12.4. The van der Waals surface area contributed by atoms with Crippen LogP contribution in [0.3, 0.4) is 0 Å². The smallest absolute Gasteiger partial charge is 0.269 e. The third-order valence-electron chi connectivity index (χ3n) is 3.93. The number of methoxy groups -OCH3 is 1. The van der Waals surface area contributed by atoms with Crippen LogP contribution in [0.2, 0.25) is 0 Å². The number of nitriles is 1. The molecular weight excluding hydrogens is 334 g/mol. The van der Waals surface area contributed by atoms with Crippen LogP contribution in [0.15, 0.2) is 59.4 Å². The highest BCUT2D eigenvalue weighted by Gasteiger charge is 2.16. The predicted molar refractivity (Wildman–Crippen MR) is 95.9 cm³/mol. The van der Waals surface area contributed by atoms with Crippen LogP contribution < -0.4 is 10.3 Å². The molecule has 0 bridgehead atoms. The van der Waals surface area contributed by atoms with Gasteiger partial charge in [-0.3, -0.25) is 14.9 Å². The number of benzene rings is 2. The van der Waals surface area contributed by atoms with Crippen molar-refractivity contribution in [1.82, 2.24) is 4.98 Å². The van der Waals surface area contributed by atoms with Gasteiger partial charge in [0.2, 0.25) is 0 Å². The molecule has 0 fully saturated rings. The third-order valence-corrected chi connectivity index (χ3v) is 3.93. The molecule has 0 aliphatic rings. The summed E-state index contributed by atoms with van der Waals surface area (Å²) in [6.07, 6.45) is 0. The maximum Gasteiger partial charge on any atom is 0.269 e. The van der Waals surface area contributed by atoms with Crippen molar-refractivity contribution in [1.29, 1.82) is 5.26 Å². The molecule has 2 aromatic carbocycles. The van der Waals surface area contributed by atoms with Crippen LogP contribution in [0.25, 0.3) is 22.4 Å². The fourth-order valence-electron chi connectivity index (χ4n) is 2.67. The molecule has 7 heteroatoms. The van der Waals surface area contributed by atoms with Crippen LogP contribution in [-0.2, 0) is 0 Å². The molecule has 1 heterocycles. The molecule has 0 saturated heterocycles. The van der Waals surface area contributed by atoms with Crippen LogP contribution in [0.5, 0.6) is 5.75 Å². The van der Waals surface area contributed by atoms with Gasteiger partial charge in [-0.2, -0.15) is 5.26 Å². The second-order valence-electron chi connectivity index (χ2n) is 5.42. The minimum absolute atomic E-state index is 0.0276. The number of rotatable bonds is 4. The van der Waals surface area contributed by atoms with E-state index in [0.29, 0.717) is 28.1 Å². The fraction of sp³-hybridized carbons (Fsp3) is 0.0526. The van der Waals surface area contributed by atoms with E-state index in [-0.39, 0.29) is 11.3 Å². The number of para-hydroxylation sites is 1. The molecule has 1 N–H and O–H groups in total. The molecule has 0 radical (unpaired) electrons. The molecule has 0 aliphatic heterocycles. The molecule has 1 aromatic heterocycles. The topological polar surface area (TPSA) is 109 Å². The zero-order valence-corrected chi connectivity index (χ0v) is 13.7. The molecule has 0 aliphatic carbocycles. The lowest BCUT2D eigenvalue weighted by atomic mass is 9.98. The quantitative estimate of drug-likeness (QED) is 0.574. The molecular formula is C19H13N3O4. The number of pyridine rings is 1. The largest absolute Gasteiger partial charge is 0.496 e. The average Bonchev–Trinajstić information content (AvgIpc) is 2.67. The molecule has 3 aromatic rings. The van der Waals surface area contributed by atoms with Crippen LogP contribution in [-0.4, -0.2) is 17.0 Å². The third kappa shape index (κ3) is 3.03. The molecule has 3 rings (SSSR count). The van der Waals surface area contributed by atoms with Gasteiger partial charge >= 0.3 is 0 Å². The van der Waals surface area contributed by atoms with Gasteiger partial charge < -0.3 is 9.72 Å². The van der Waals surface area contributed by atoms with Crippen molar-refractivity contribution < 1.29 is 9.66 Å². The minimum Gasteiger partial charge on any atom is -0.496 e. The van der Waals surface area contributed by atoms with Crippen molar-refractivity contribution in [3.8, 4) is 34.2 Å². The summed E-state index contributed by atoms with van der Waals surface area (Å²) in [4.78, 5) is 25.3. The summed E-state index contributed by atoms with van der Waals surface area (Å²) in [5.41, 5.74) is 1.47. The second-order valence-corrected chi connectivity index (χ2v) is 5.42. The predicted octanol–water partition coefficient (Wildman–Crippen LogP) is 3.50. The van der Waals surface area contributed by atoms with E-state index in [2.05, 4.69) is 4.98 Å². The van der Waals surface area contributed by atoms with E-state index in [1.165, 1.54) is 19.2 Å². The zero-order valence-electron chi connectivity index (χ0n) is 13.7. The summed E-state index contributed by atoms with van der Waals surface area (Å²) < 4.78 is 5.33. The van der Waals surface area contributed by atoms with Gasteiger partial charge in [-0.1, -0.05) is 18.2 Å². The number of hydrogen-bond acceptors (Lipinski definition) is 5. The number of nitrogens with one attached hydrogen (secondary N) is 1. The van der Waals surface area contributed by atoms with Crippen LogP contribution in [0, 0.1) is 21.4 Å². The number of nitro groups is 1. The van der Waals surface area contributed by atoms with E-state index in [0.717, 1.165) is 0 Å². The van der Waals surface area contributed by atoms with Gasteiger partial charge in [0.25, 0.3) is 11.2 Å². The second kappa shape index (κ2) is 6.91. The molecule has 26 heavy (non-hydrogen) atoms. The summed E-state index contributed by atoms with van der Waals surface area (Å²) in [5.74, 6) is 0.532. The lowest BCUT2D eigenvalue weighted by Gasteiger charge is -2.11. The monoisotopic (exact) mass is 347 g/mol. The number of hydrogen-bond donors (Lipinski definition) is 1. The first kappa shape index (κ1) is 16.9. The van der Waals surface area contributed by atoms with Crippen molar-refractivity contribution in [2.75, 3.05) is 7.11 Å². The van der Waals surface area contributed by atoms with Crippen molar-refractivity contribution in [2.45, 2.75) is 0 Å². The lowest BCUT2D eigenvalue weighted by Crippen LogP contribution is -2.13. The lowest BCUT2D eigenvalue weighted by molar-refractivity contribution is -0.384. The summed E-state index contributed by atoms with van der Waals surface area (Å²) in [6, 6.07) is 16.5. The van der Waals surface area contributed by atoms with Crippen molar-refractivity contribution >= 4 is 5.69 Å². The first-order chi connectivity index (χ1) is 12.5. The Balaban J connectivity index is 2.21. The molecule has 0 saturated carbocycles. The molecule has 0 unspecified atom stereocenters. The Labute approximate surface area is 148 Å². The molecule has 0 amide bonds. The van der Waals surface area contributed by atoms with Gasteiger partial charge in [-0.25, -0.2) is 0 Å². The Kier molecular flexibility index (Phi) is 4.50. The Morgan fingerprint density at radius 2 is 1.81 bits per heavy atom. The summed E-state index contributed by atoms with van der Waals surface area (Å²) >= 11 is 0. The van der Waals surface area contributed by atoms with E-state index in [4.69, 9.17) is 4.74 Å². The normalized spacial score (nSPS) is 10.2. The van der Waals surface area contributed by atoms with E-state index in [1.54, 1.807) is 42.5 Å². The number of aromatic nitrogens is 1. The number of nitrogens with zero attached hydrogens (tertiary/aromatic N) is 2. The summed E-state index contributed by atoms with van der Waals surface area (Å²) in [6.45, 7) is 0. The molecule has 0 atom stereocenters. The first-order valence-corrected chi connectivity index (χ1v) is 7.60. The van der Waals surface area contributed by atoms with Crippen LogP contribution in [0.4, 0.5) is 5.69 Å². The van der Waals surface area contributed by atoms with Crippen molar-refractivity contribution in [2.24, 2.45) is 0 Å². The highest BCUT2D eigenvalue weighted by atomic mass is 16.6. The van der Waals surface area contributed by atoms with Gasteiger partial charge in [0, 0.05) is 29.0 Å². The summed E-state index contributed by atoms with van der Waals surface area (Å²) in [7, 11) is 1.51. The Morgan fingerprint density at radius 1 is 1.12 bits per heavy atom. The summed E-state index contributed by atoms with van der Waals surface area (Å²) in [5, 5.41) is 20.2. The van der Waals surface area contributed by atoms with Gasteiger partial charge in [0.15, 0.2) is 0 Å². The number of non-ortho nitro benzene ring substituents is 1. The number of H-pyrrole nitrogens is 1. The number of nitro benzene ring substituents is 1. The highest BCUT2D eigenvalue weighted by Crippen LogP contribution is 2.33. The van der Waals surface area contributed by atoms with Gasteiger partial charge in [0.05, 0.1) is 12.0 Å². The molecule has 0 spiro atoms. The minimum atomic E-state index is -0.538. The SMILES string of the molecule is COc1ccccc1-c1cc(-c2ccc([N+](=O)[O-])cc2)[nH]c(=O)c1C#N. The van der Waals surface area contributed by atoms with Crippen LogP contribution >= 0.6 is 0 Å². The van der Waals surface area contributed by atoms with E-state index in [9.17, 15) is 20.2 Å². The maximum atomic E-state index is 12.4. The Hall–Kier alpha value is -3.92. The Bertz CT molecular complexity index is 1080. The standard InChI is InChI=1S/C19H13N3O4/c1-26-18-5-3-2-4-14(18)15-10-17(21-19(23)16(15)11-20)12-6-8-13(9-7-12)22(24)25/h2-10H,1H3,(H,21,23). The highest BCUT2D eigenvalue weighted by molar-refractivity contribution is 5.79. The van der Waals surface area contributed by atoms with Gasteiger partial charge in [-0.05, 0) is 29.8 Å². The van der Waals surface area contributed by atoms with Gasteiger partial charge in [0.1, 0.15) is 17.4 Å². The first-order valence-electron chi connectivity index (χ1n) is 7.60. The van der Waals surface area contributed by atoms with Crippen LogP contribution in [0.1, 0.15) is 5.56 Å². The average molecular weight is 347 g/mol. The van der Waals surface area contributed by atoms with E-state index >= 15 is 0 Å². The Morgan fingerprint density at radius 3 is 2.42 bits per heavy atom. The van der Waals surface area contributed by atoms with Crippen molar-refractivity contribution in [3.63, 3.8) is 0 Å². The van der Waals surface area contributed by atoms with E-state index in [1.807, 2.05) is 6.07 Å². The molecule has 128 valence electrons. The fourth-order valence-corrected chi connectivity index (χ4v) is 2.67. The number of ether oxygens (including phenoxy) is 1. The molecule has 7 nitrogen and oxygen atoms in total. The van der Waals surface area contributed by atoms with E-state index < -0.39 is 10.5 Å². The van der Waals surface area contributed by atoms with Gasteiger partial charge in [-0.15, -0.1) is 0 Å². The number of aromatic amines is 1. The van der Waals surface area contributed by atoms with Crippen molar-refractivity contribution in [3.05, 3.63) is 80.6 Å².